The highest BCUT2D eigenvalue weighted by Crippen LogP contribution is 2.23. The predicted molar refractivity (Wildman–Crippen MR) is 55.3 cm³/mol. The second-order valence-electron chi connectivity index (χ2n) is 2.81. The molecule has 0 aliphatic heterocycles. The molecule has 13 heavy (non-hydrogen) atoms. The molecule has 1 rings (SSSR count). The number of aldehydes is 1. The van der Waals surface area contributed by atoms with E-state index in [2.05, 4.69) is 5.32 Å². The Bertz CT molecular complexity index is 286. The first-order chi connectivity index (χ1) is 6.29. The molecule has 3 heteroatoms. The van der Waals surface area contributed by atoms with Crippen molar-refractivity contribution in [2.24, 2.45) is 0 Å². The maximum absolute atomic E-state index is 10.3. The van der Waals surface area contributed by atoms with Gasteiger partial charge in [0.25, 0.3) is 0 Å². The third-order valence-corrected chi connectivity index (χ3v) is 1.93. The van der Waals surface area contributed by atoms with E-state index in [-0.39, 0.29) is 0 Å². The molecule has 0 aliphatic carbocycles. The summed E-state index contributed by atoms with van der Waals surface area (Å²) in [7, 11) is 3.76. The van der Waals surface area contributed by atoms with Crippen molar-refractivity contribution in [1.82, 2.24) is 0 Å². The average molecular weight is 178 g/mol. The Hall–Kier alpha value is -1.51. The number of anilines is 2. The maximum atomic E-state index is 10.3. The van der Waals surface area contributed by atoms with Gasteiger partial charge in [-0.3, -0.25) is 0 Å². The molecule has 3 nitrogen and oxygen atoms in total. The summed E-state index contributed by atoms with van der Waals surface area (Å²) in [4.78, 5) is 12.2. The molecule has 1 aromatic carbocycles. The summed E-state index contributed by atoms with van der Waals surface area (Å²) in [5.74, 6) is 0. The van der Waals surface area contributed by atoms with E-state index in [9.17, 15) is 4.79 Å². The van der Waals surface area contributed by atoms with Gasteiger partial charge in [-0.25, -0.2) is 0 Å². The largest absolute Gasteiger partial charge is 0.386 e. The first-order valence-corrected chi connectivity index (χ1v) is 4.21. The molecule has 0 unspecified atom stereocenters. The molecule has 0 amide bonds. The van der Waals surface area contributed by atoms with Gasteiger partial charge in [0.1, 0.15) is 6.29 Å². The molecule has 0 atom stereocenters. The number of hydrogen-bond acceptors (Lipinski definition) is 3. The van der Waals surface area contributed by atoms with Gasteiger partial charge in [0.05, 0.1) is 17.9 Å². The minimum atomic E-state index is 0.415. The van der Waals surface area contributed by atoms with Gasteiger partial charge in [0, 0.05) is 14.1 Å². The van der Waals surface area contributed by atoms with Crippen molar-refractivity contribution in [2.45, 2.75) is 0 Å². The van der Waals surface area contributed by atoms with E-state index < -0.39 is 0 Å². The number of nitrogens with one attached hydrogen (secondary N) is 1. The van der Waals surface area contributed by atoms with E-state index in [1.807, 2.05) is 43.3 Å². The molecule has 0 saturated heterocycles. The van der Waals surface area contributed by atoms with Crippen LogP contribution in [0.3, 0.4) is 0 Å². The molecular formula is C10H14N2O. The number of benzene rings is 1. The van der Waals surface area contributed by atoms with Crippen molar-refractivity contribution in [2.75, 3.05) is 30.9 Å². The van der Waals surface area contributed by atoms with Crippen LogP contribution in [-0.2, 0) is 4.79 Å². The van der Waals surface area contributed by atoms with Crippen LogP contribution in [0.4, 0.5) is 11.4 Å². The zero-order chi connectivity index (χ0) is 9.68. The van der Waals surface area contributed by atoms with E-state index in [0.29, 0.717) is 6.54 Å². The molecule has 0 heterocycles. The minimum absolute atomic E-state index is 0.415. The van der Waals surface area contributed by atoms with E-state index in [4.69, 9.17) is 0 Å². The molecule has 0 radical (unpaired) electrons. The maximum Gasteiger partial charge on any atom is 0.139 e. The van der Waals surface area contributed by atoms with Crippen LogP contribution in [0.5, 0.6) is 0 Å². The SMILES string of the molecule is CNc1ccccc1N(C)CC=O. The first-order valence-electron chi connectivity index (χ1n) is 4.21. The van der Waals surface area contributed by atoms with Crippen molar-refractivity contribution < 1.29 is 4.79 Å². The Kier molecular flexibility index (Phi) is 3.31. The van der Waals surface area contributed by atoms with Gasteiger partial charge < -0.3 is 15.0 Å². The zero-order valence-electron chi connectivity index (χ0n) is 7.95. The Morgan fingerprint density at radius 2 is 2.15 bits per heavy atom. The van der Waals surface area contributed by atoms with Gasteiger partial charge >= 0.3 is 0 Å². The zero-order valence-corrected chi connectivity index (χ0v) is 7.95. The highest BCUT2D eigenvalue weighted by molar-refractivity contribution is 5.72. The molecule has 0 spiro atoms. The summed E-state index contributed by atoms with van der Waals surface area (Å²) in [5.41, 5.74) is 2.07. The second kappa shape index (κ2) is 4.50. The van der Waals surface area contributed by atoms with Gasteiger partial charge in [-0.05, 0) is 12.1 Å². The molecule has 70 valence electrons. The van der Waals surface area contributed by atoms with Crippen molar-refractivity contribution in [3.63, 3.8) is 0 Å². The highest BCUT2D eigenvalue weighted by Gasteiger charge is 2.03. The smallest absolute Gasteiger partial charge is 0.139 e. The van der Waals surface area contributed by atoms with Crippen LogP contribution in [0.2, 0.25) is 0 Å². The van der Waals surface area contributed by atoms with Crippen molar-refractivity contribution in [3.05, 3.63) is 24.3 Å². The lowest BCUT2D eigenvalue weighted by Gasteiger charge is -2.19. The number of carbonyl (C=O) groups excluding carboxylic acids is 1. The summed E-state index contributed by atoms with van der Waals surface area (Å²) >= 11 is 0. The molecule has 0 bridgehead atoms. The van der Waals surface area contributed by atoms with Gasteiger partial charge in [-0.15, -0.1) is 0 Å². The molecular weight excluding hydrogens is 164 g/mol. The molecule has 1 aromatic rings. The van der Waals surface area contributed by atoms with Crippen molar-refractivity contribution >= 4 is 17.7 Å². The van der Waals surface area contributed by atoms with Crippen LogP contribution < -0.4 is 10.2 Å². The number of hydrogen-bond donors (Lipinski definition) is 1. The molecule has 0 aromatic heterocycles. The van der Waals surface area contributed by atoms with Crippen LogP contribution in [0.15, 0.2) is 24.3 Å². The molecule has 0 saturated carbocycles. The van der Waals surface area contributed by atoms with Gasteiger partial charge in [-0.1, -0.05) is 12.1 Å². The standard InChI is InChI=1S/C10H14N2O/c1-11-9-5-3-4-6-10(9)12(2)7-8-13/h3-6,8,11H,7H2,1-2H3. The van der Waals surface area contributed by atoms with Crippen LogP contribution in [-0.4, -0.2) is 26.9 Å². The van der Waals surface area contributed by atoms with Crippen molar-refractivity contribution in [1.29, 1.82) is 0 Å². The lowest BCUT2D eigenvalue weighted by molar-refractivity contribution is -0.106. The average Bonchev–Trinajstić information content (AvgIpc) is 2.18. The van der Waals surface area contributed by atoms with Gasteiger partial charge in [0.15, 0.2) is 0 Å². The van der Waals surface area contributed by atoms with E-state index >= 15 is 0 Å². The summed E-state index contributed by atoms with van der Waals surface area (Å²) in [6.07, 6.45) is 0.895. The fraction of sp³-hybridized carbons (Fsp3) is 0.300. The number of para-hydroxylation sites is 2. The minimum Gasteiger partial charge on any atom is -0.386 e. The quantitative estimate of drug-likeness (QED) is 0.707. The lowest BCUT2D eigenvalue weighted by atomic mass is 10.2. The topological polar surface area (TPSA) is 32.3 Å². The Labute approximate surface area is 78.4 Å². The first kappa shape index (κ1) is 9.58. The molecule has 1 N–H and O–H groups in total. The van der Waals surface area contributed by atoms with E-state index in [1.54, 1.807) is 0 Å². The lowest BCUT2D eigenvalue weighted by Crippen LogP contribution is -2.20. The van der Waals surface area contributed by atoms with Crippen molar-refractivity contribution in [3.8, 4) is 0 Å². The van der Waals surface area contributed by atoms with Crippen LogP contribution >= 0.6 is 0 Å². The predicted octanol–water partition coefficient (Wildman–Crippen LogP) is 1.36. The Balaban J connectivity index is 2.91. The van der Waals surface area contributed by atoms with Gasteiger partial charge in [0.2, 0.25) is 0 Å². The monoisotopic (exact) mass is 178 g/mol. The molecule has 0 aliphatic rings. The van der Waals surface area contributed by atoms with Crippen LogP contribution in [0.1, 0.15) is 0 Å². The number of nitrogens with zero attached hydrogens (tertiary/aromatic N) is 1. The van der Waals surface area contributed by atoms with E-state index in [1.165, 1.54) is 0 Å². The highest BCUT2D eigenvalue weighted by atomic mass is 16.1. The van der Waals surface area contributed by atoms with Crippen LogP contribution in [0.25, 0.3) is 0 Å². The van der Waals surface area contributed by atoms with Gasteiger partial charge in [-0.2, -0.15) is 0 Å². The fourth-order valence-corrected chi connectivity index (χ4v) is 1.23. The third kappa shape index (κ3) is 2.21. The number of likely N-dealkylation sites (N-methyl/N-ethyl adjacent to an activating group) is 1. The second-order valence-corrected chi connectivity index (χ2v) is 2.81. The van der Waals surface area contributed by atoms with E-state index in [0.717, 1.165) is 17.7 Å². The molecule has 0 fully saturated rings. The summed E-state index contributed by atoms with van der Waals surface area (Å²) < 4.78 is 0. The summed E-state index contributed by atoms with van der Waals surface area (Å²) in [5, 5.41) is 3.08. The normalized spacial score (nSPS) is 9.38. The Morgan fingerprint density at radius 3 is 2.77 bits per heavy atom. The fourth-order valence-electron chi connectivity index (χ4n) is 1.23. The summed E-state index contributed by atoms with van der Waals surface area (Å²) in [6.45, 7) is 0.415. The Morgan fingerprint density at radius 1 is 1.46 bits per heavy atom. The summed E-state index contributed by atoms with van der Waals surface area (Å²) in [6, 6.07) is 7.88. The number of rotatable bonds is 4. The van der Waals surface area contributed by atoms with Crippen LogP contribution in [0, 0.1) is 0 Å². The third-order valence-electron chi connectivity index (χ3n) is 1.93. The number of carbonyl (C=O) groups is 1.